The highest BCUT2D eigenvalue weighted by Crippen LogP contribution is 2.16. The van der Waals surface area contributed by atoms with Gasteiger partial charge in [-0.05, 0) is 19.4 Å². The molecule has 0 N–H and O–H groups in total. The van der Waals surface area contributed by atoms with Crippen molar-refractivity contribution >= 4 is 11.7 Å². The third kappa shape index (κ3) is 4.33. The van der Waals surface area contributed by atoms with Crippen LogP contribution in [0.15, 0.2) is 36.4 Å². The fourth-order valence-corrected chi connectivity index (χ4v) is 2.91. The topological polar surface area (TPSA) is 58.6 Å². The number of nitrogens with zero attached hydrogens (tertiary/aromatic N) is 4. The molecule has 6 heteroatoms. The molecule has 0 spiro atoms. The van der Waals surface area contributed by atoms with Crippen LogP contribution in [0.5, 0.6) is 0 Å². The zero-order valence-electron chi connectivity index (χ0n) is 14.8. The highest BCUT2D eigenvalue weighted by molar-refractivity contribution is 5.93. The second-order valence-corrected chi connectivity index (χ2v) is 6.06. The Bertz CT molecular complexity index is 715. The van der Waals surface area contributed by atoms with Gasteiger partial charge in [0.25, 0.3) is 5.91 Å². The van der Waals surface area contributed by atoms with Crippen LogP contribution in [-0.4, -0.2) is 53.6 Å². The van der Waals surface area contributed by atoms with Gasteiger partial charge in [0.05, 0.1) is 13.2 Å². The van der Waals surface area contributed by atoms with E-state index in [-0.39, 0.29) is 5.91 Å². The van der Waals surface area contributed by atoms with Crippen molar-refractivity contribution < 1.29 is 9.53 Å². The van der Waals surface area contributed by atoms with E-state index in [0.717, 1.165) is 24.5 Å². The van der Waals surface area contributed by atoms with Gasteiger partial charge in [-0.2, -0.15) is 0 Å². The minimum Gasteiger partial charge on any atom is -0.378 e. The maximum absolute atomic E-state index is 13.0. The Morgan fingerprint density at radius 2 is 1.92 bits per heavy atom. The van der Waals surface area contributed by atoms with Crippen molar-refractivity contribution in [3.63, 3.8) is 0 Å². The standard InChI is InChI=1S/C19H24N4O2/c1-3-22(14-16-7-5-4-6-8-16)19(24)17-13-18(21-15(2)20-17)23-9-11-25-12-10-23/h4-8,13H,3,9-12,14H2,1-2H3. The molecule has 1 aromatic heterocycles. The second-order valence-electron chi connectivity index (χ2n) is 6.06. The molecule has 0 saturated carbocycles. The molecule has 1 amide bonds. The van der Waals surface area contributed by atoms with Gasteiger partial charge in [-0.3, -0.25) is 4.79 Å². The SMILES string of the molecule is CCN(Cc1ccccc1)C(=O)c1cc(N2CCOCC2)nc(C)n1. The molecule has 25 heavy (non-hydrogen) atoms. The Balaban J connectivity index is 1.81. The molecule has 0 unspecified atom stereocenters. The van der Waals surface area contributed by atoms with E-state index < -0.39 is 0 Å². The van der Waals surface area contributed by atoms with Gasteiger partial charge in [0.1, 0.15) is 17.3 Å². The van der Waals surface area contributed by atoms with Gasteiger partial charge in [0.2, 0.25) is 0 Å². The number of rotatable bonds is 5. The number of ether oxygens (including phenoxy) is 1. The summed E-state index contributed by atoms with van der Waals surface area (Å²) in [6.45, 7) is 7.95. The molecular formula is C19H24N4O2. The number of aryl methyl sites for hydroxylation is 1. The molecule has 0 bridgehead atoms. The van der Waals surface area contributed by atoms with E-state index in [2.05, 4.69) is 14.9 Å². The molecule has 2 heterocycles. The summed E-state index contributed by atoms with van der Waals surface area (Å²) in [6, 6.07) is 11.8. The first-order valence-corrected chi connectivity index (χ1v) is 8.69. The van der Waals surface area contributed by atoms with Crippen molar-refractivity contribution in [2.45, 2.75) is 20.4 Å². The highest BCUT2D eigenvalue weighted by atomic mass is 16.5. The first-order chi connectivity index (χ1) is 12.2. The minimum absolute atomic E-state index is 0.0636. The van der Waals surface area contributed by atoms with Crippen LogP contribution in [-0.2, 0) is 11.3 Å². The lowest BCUT2D eigenvalue weighted by Gasteiger charge is -2.28. The summed E-state index contributed by atoms with van der Waals surface area (Å²) in [5.74, 6) is 1.35. The predicted molar refractivity (Wildman–Crippen MR) is 96.7 cm³/mol. The molecule has 0 aliphatic carbocycles. The molecule has 6 nitrogen and oxygen atoms in total. The van der Waals surface area contributed by atoms with Crippen molar-refractivity contribution in [3.8, 4) is 0 Å². The van der Waals surface area contributed by atoms with Crippen LogP contribution >= 0.6 is 0 Å². The van der Waals surface area contributed by atoms with E-state index in [1.807, 2.05) is 44.2 Å². The number of benzene rings is 1. The maximum atomic E-state index is 13.0. The van der Waals surface area contributed by atoms with E-state index >= 15 is 0 Å². The van der Waals surface area contributed by atoms with Crippen LogP contribution in [0.25, 0.3) is 0 Å². The van der Waals surface area contributed by atoms with Crippen LogP contribution in [0.4, 0.5) is 5.82 Å². The molecule has 0 radical (unpaired) electrons. The van der Waals surface area contributed by atoms with Gasteiger partial charge in [0.15, 0.2) is 0 Å². The average molecular weight is 340 g/mol. The molecule has 1 fully saturated rings. The lowest BCUT2D eigenvalue weighted by atomic mass is 10.2. The highest BCUT2D eigenvalue weighted by Gasteiger charge is 2.20. The zero-order chi connectivity index (χ0) is 17.6. The van der Waals surface area contributed by atoms with Crippen molar-refractivity contribution in [1.29, 1.82) is 0 Å². The Kier molecular flexibility index (Phi) is 5.60. The van der Waals surface area contributed by atoms with Crippen LogP contribution in [0.1, 0.15) is 28.8 Å². The molecule has 1 aliphatic rings. The van der Waals surface area contributed by atoms with Crippen molar-refractivity contribution in [2.75, 3.05) is 37.7 Å². The van der Waals surface area contributed by atoms with Gasteiger partial charge in [-0.25, -0.2) is 9.97 Å². The summed E-state index contributed by atoms with van der Waals surface area (Å²) in [6.07, 6.45) is 0. The molecular weight excluding hydrogens is 316 g/mol. The quantitative estimate of drug-likeness (QED) is 0.836. The molecule has 1 saturated heterocycles. The van der Waals surface area contributed by atoms with Gasteiger partial charge >= 0.3 is 0 Å². The number of hydrogen-bond acceptors (Lipinski definition) is 5. The van der Waals surface area contributed by atoms with Crippen LogP contribution < -0.4 is 4.90 Å². The van der Waals surface area contributed by atoms with Crippen molar-refractivity contribution in [3.05, 3.63) is 53.5 Å². The largest absolute Gasteiger partial charge is 0.378 e. The monoisotopic (exact) mass is 340 g/mol. The van der Waals surface area contributed by atoms with Crippen LogP contribution in [0.3, 0.4) is 0 Å². The van der Waals surface area contributed by atoms with Gasteiger partial charge in [0, 0.05) is 32.2 Å². The minimum atomic E-state index is -0.0636. The van der Waals surface area contributed by atoms with E-state index in [4.69, 9.17) is 4.74 Å². The number of amides is 1. The van der Waals surface area contributed by atoms with Crippen LogP contribution in [0, 0.1) is 6.92 Å². The number of carbonyl (C=O) groups is 1. The number of anilines is 1. The molecule has 0 atom stereocenters. The molecule has 132 valence electrons. The van der Waals surface area contributed by atoms with Gasteiger partial charge < -0.3 is 14.5 Å². The Hall–Kier alpha value is -2.47. The first-order valence-electron chi connectivity index (χ1n) is 8.69. The van der Waals surface area contributed by atoms with E-state index in [0.29, 0.717) is 37.8 Å². The number of hydrogen-bond donors (Lipinski definition) is 0. The average Bonchev–Trinajstić information content (AvgIpc) is 2.66. The first kappa shape index (κ1) is 17.4. The number of carbonyl (C=O) groups excluding carboxylic acids is 1. The van der Waals surface area contributed by atoms with Gasteiger partial charge in [-0.15, -0.1) is 0 Å². The Labute approximate surface area is 148 Å². The normalized spacial score (nSPS) is 14.4. The molecule has 1 aromatic carbocycles. The second kappa shape index (κ2) is 8.07. The Morgan fingerprint density at radius 1 is 1.20 bits per heavy atom. The number of aromatic nitrogens is 2. The Morgan fingerprint density at radius 3 is 2.60 bits per heavy atom. The summed E-state index contributed by atoms with van der Waals surface area (Å²) >= 11 is 0. The fraction of sp³-hybridized carbons (Fsp3) is 0.421. The third-order valence-corrected chi connectivity index (χ3v) is 4.26. The predicted octanol–water partition coefficient (Wildman–Crippen LogP) is 2.28. The van der Waals surface area contributed by atoms with E-state index in [1.54, 1.807) is 11.0 Å². The van der Waals surface area contributed by atoms with E-state index in [9.17, 15) is 4.79 Å². The summed E-state index contributed by atoms with van der Waals surface area (Å²) in [5, 5.41) is 0. The lowest BCUT2D eigenvalue weighted by molar-refractivity contribution is 0.0746. The number of morpholine rings is 1. The fourth-order valence-electron chi connectivity index (χ4n) is 2.91. The summed E-state index contributed by atoms with van der Waals surface area (Å²) in [7, 11) is 0. The maximum Gasteiger partial charge on any atom is 0.272 e. The van der Waals surface area contributed by atoms with Crippen LogP contribution in [0.2, 0.25) is 0 Å². The summed E-state index contributed by atoms with van der Waals surface area (Å²) in [4.78, 5) is 25.8. The van der Waals surface area contributed by atoms with Gasteiger partial charge in [-0.1, -0.05) is 30.3 Å². The summed E-state index contributed by atoms with van der Waals surface area (Å²) < 4.78 is 5.39. The van der Waals surface area contributed by atoms with E-state index in [1.165, 1.54) is 0 Å². The zero-order valence-corrected chi connectivity index (χ0v) is 14.8. The molecule has 3 rings (SSSR count). The van der Waals surface area contributed by atoms with Crippen molar-refractivity contribution in [1.82, 2.24) is 14.9 Å². The van der Waals surface area contributed by atoms with Crippen molar-refractivity contribution in [2.24, 2.45) is 0 Å². The smallest absolute Gasteiger partial charge is 0.272 e. The summed E-state index contributed by atoms with van der Waals surface area (Å²) in [5.41, 5.74) is 1.56. The third-order valence-electron chi connectivity index (χ3n) is 4.26. The molecule has 2 aromatic rings. The molecule has 1 aliphatic heterocycles. The lowest BCUT2D eigenvalue weighted by Crippen LogP contribution is -2.37.